The van der Waals surface area contributed by atoms with Crippen molar-refractivity contribution in [1.29, 1.82) is 0 Å². The van der Waals surface area contributed by atoms with Gasteiger partial charge in [-0.05, 0) is 29.3 Å². The van der Waals surface area contributed by atoms with Crippen LogP contribution in [0.4, 0.5) is 0 Å². The molecule has 0 aromatic heterocycles. The zero-order chi connectivity index (χ0) is 20.8. The standard InChI is InChI=1S/C23H21ClN2O3/c1-26(21(27)15-29-20-13-12-18(24)14-19(20)23(25)28)22(16-8-4-2-5-9-16)17-10-6-3-7-11-17/h2-14,22H,15H2,1H3,(H2,25,28). The molecular formula is C23H21ClN2O3. The predicted molar refractivity (Wildman–Crippen MR) is 113 cm³/mol. The Kier molecular flexibility index (Phi) is 6.52. The third-order valence-electron chi connectivity index (χ3n) is 4.57. The molecule has 0 fully saturated rings. The molecule has 0 saturated heterocycles. The van der Waals surface area contributed by atoms with Gasteiger partial charge >= 0.3 is 0 Å². The van der Waals surface area contributed by atoms with Crippen LogP contribution in [-0.2, 0) is 4.79 Å². The Bertz CT molecular complexity index is 954. The van der Waals surface area contributed by atoms with Crippen molar-refractivity contribution in [3.8, 4) is 5.75 Å². The number of hydrogen-bond acceptors (Lipinski definition) is 3. The first-order chi connectivity index (χ1) is 14.0. The summed E-state index contributed by atoms with van der Waals surface area (Å²) in [5.41, 5.74) is 7.48. The van der Waals surface area contributed by atoms with Crippen molar-refractivity contribution >= 4 is 23.4 Å². The lowest BCUT2D eigenvalue weighted by molar-refractivity contribution is -0.133. The van der Waals surface area contributed by atoms with Crippen LogP contribution in [0.5, 0.6) is 5.75 Å². The normalized spacial score (nSPS) is 10.6. The number of carbonyl (C=O) groups is 2. The van der Waals surface area contributed by atoms with Gasteiger partial charge in [0.25, 0.3) is 11.8 Å². The average molecular weight is 409 g/mol. The number of ether oxygens (including phenoxy) is 1. The lowest BCUT2D eigenvalue weighted by Gasteiger charge is -2.29. The molecule has 0 atom stereocenters. The number of primary amides is 1. The van der Waals surface area contributed by atoms with Gasteiger partial charge < -0.3 is 15.4 Å². The summed E-state index contributed by atoms with van der Waals surface area (Å²) in [7, 11) is 1.73. The fraction of sp³-hybridized carbons (Fsp3) is 0.130. The van der Waals surface area contributed by atoms with Gasteiger partial charge in [0, 0.05) is 12.1 Å². The highest BCUT2D eigenvalue weighted by atomic mass is 35.5. The van der Waals surface area contributed by atoms with Gasteiger partial charge in [-0.3, -0.25) is 9.59 Å². The quantitative estimate of drug-likeness (QED) is 0.640. The topological polar surface area (TPSA) is 72.6 Å². The van der Waals surface area contributed by atoms with Crippen LogP contribution in [0.1, 0.15) is 27.5 Å². The van der Waals surface area contributed by atoms with E-state index in [1.807, 2.05) is 60.7 Å². The zero-order valence-corrected chi connectivity index (χ0v) is 16.7. The molecule has 3 rings (SSSR count). The van der Waals surface area contributed by atoms with E-state index < -0.39 is 5.91 Å². The van der Waals surface area contributed by atoms with E-state index in [-0.39, 0.29) is 29.9 Å². The second kappa shape index (κ2) is 9.26. The molecule has 0 aliphatic heterocycles. The van der Waals surface area contributed by atoms with Crippen LogP contribution in [-0.4, -0.2) is 30.4 Å². The van der Waals surface area contributed by atoms with Gasteiger partial charge in [-0.1, -0.05) is 72.3 Å². The fourth-order valence-electron chi connectivity index (χ4n) is 3.12. The highest BCUT2D eigenvalue weighted by molar-refractivity contribution is 6.31. The lowest BCUT2D eigenvalue weighted by Crippen LogP contribution is -2.35. The van der Waals surface area contributed by atoms with Gasteiger partial charge in [0.1, 0.15) is 5.75 Å². The Morgan fingerprint density at radius 3 is 2.03 bits per heavy atom. The monoisotopic (exact) mass is 408 g/mol. The van der Waals surface area contributed by atoms with Gasteiger partial charge in [0.2, 0.25) is 0 Å². The van der Waals surface area contributed by atoms with Crippen LogP contribution >= 0.6 is 11.6 Å². The van der Waals surface area contributed by atoms with Crippen LogP contribution < -0.4 is 10.5 Å². The maximum absolute atomic E-state index is 12.9. The number of hydrogen-bond donors (Lipinski definition) is 1. The summed E-state index contributed by atoms with van der Waals surface area (Å²) >= 11 is 5.91. The second-order valence-corrected chi connectivity index (χ2v) is 6.96. The van der Waals surface area contributed by atoms with Gasteiger partial charge in [-0.15, -0.1) is 0 Å². The van der Waals surface area contributed by atoms with Crippen LogP contribution in [0, 0.1) is 0 Å². The summed E-state index contributed by atoms with van der Waals surface area (Å²) in [5.74, 6) is -0.692. The summed E-state index contributed by atoms with van der Waals surface area (Å²) in [4.78, 5) is 26.2. The van der Waals surface area contributed by atoms with Crippen molar-refractivity contribution in [1.82, 2.24) is 4.90 Å². The van der Waals surface area contributed by atoms with E-state index in [1.54, 1.807) is 18.0 Å². The maximum Gasteiger partial charge on any atom is 0.261 e. The van der Waals surface area contributed by atoms with E-state index in [1.165, 1.54) is 12.1 Å². The van der Waals surface area contributed by atoms with Gasteiger partial charge in [0.15, 0.2) is 6.61 Å². The Labute approximate surface area is 174 Å². The minimum absolute atomic E-state index is 0.135. The molecule has 29 heavy (non-hydrogen) atoms. The fourth-order valence-corrected chi connectivity index (χ4v) is 3.29. The van der Waals surface area contributed by atoms with Crippen molar-refractivity contribution in [2.45, 2.75) is 6.04 Å². The first kappa shape index (κ1) is 20.4. The first-order valence-corrected chi connectivity index (χ1v) is 9.43. The third kappa shape index (κ3) is 4.95. The molecule has 3 aromatic rings. The van der Waals surface area contributed by atoms with Gasteiger partial charge in [-0.25, -0.2) is 0 Å². The highest BCUT2D eigenvalue weighted by Crippen LogP contribution is 2.28. The molecule has 0 heterocycles. The Hall–Kier alpha value is -3.31. The summed E-state index contributed by atoms with van der Waals surface area (Å²) in [5, 5.41) is 0.364. The molecule has 2 amide bonds. The molecule has 148 valence electrons. The number of amides is 2. The second-order valence-electron chi connectivity index (χ2n) is 6.52. The Morgan fingerprint density at radius 2 is 1.52 bits per heavy atom. The first-order valence-electron chi connectivity index (χ1n) is 9.05. The number of benzene rings is 3. The van der Waals surface area contributed by atoms with Crippen LogP contribution in [0.15, 0.2) is 78.9 Å². The SMILES string of the molecule is CN(C(=O)COc1ccc(Cl)cc1C(N)=O)C(c1ccccc1)c1ccccc1. The summed E-state index contributed by atoms with van der Waals surface area (Å²) < 4.78 is 5.61. The maximum atomic E-state index is 12.9. The summed E-state index contributed by atoms with van der Waals surface area (Å²) in [6, 6.07) is 23.8. The molecule has 0 aliphatic carbocycles. The van der Waals surface area contributed by atoms with Crippen molar-refractivity contribution in [3.05, 3.63) is 101 Å². The summed E-state index contributed by atoms with van der Waals surface area (Å²) in [6.45, 7) is -0.241. The van der Waals surface area contributed by atoms with Crippen molar-refractivity contribution in [2.75, 3.05) is 13.7 Å². The molecule has 0 spiro atoms. The van der Waals surface area contributed by atoms with E-state index in [4.69, 9.17) is 22.1 Å². The minimum atomic E-state index is -0.672. The van der Waals surface area contributed by atoms with Gasteiger partial charge in [0.05, 0.1) is 11.6 Å². The van der Waals surface area contributed by atoms with Crippen molar-refractivity contribution < 1.29 is 14.3 Å². The number of halogens is 1. The number of likely N-dealkylation sites (N-methyl/N-ethyl adjacent to an activating group) is 1. The zero-order valence-electron chi connectivity index (χ0n) is 15.9. The van der Waals surface area contributed by atoms with E-state index in [9.17, 15) is 9.59 Å². The molecule has 2 N–H and O–H groups in total. The smallest absolute Gasteiger partial charge is 0.261 e. The number of nitrogens with two attached hydrogens (primary N) is 1. The molecule has 0 bridgehead atoms. The van der Waals surface area contributed by atoms with Crippen LogP contribution in [0.2, 0.25) is 5.02 Å². The van der Waals surface area contributed by atoms with Gasteiger partial charge in [-0.2, -0.15) is 0 Å². The largest absolute Gasteiger partial charge is 0.483 e. The number of carbonyl (C=O) groups excluding carboxylic acids is 2. The van der Waals surface area contributed by atoms with E-state index in [2.05, 4.69) is 0 Å². The summed E-state index contributed by atoms with van der Waals surface area (Å²) in [6.07, 6.45) is 0. The van der Waals surface area contributed by atoms with Crippen LogP contribution in [0.3, 0.4) is 0 Å². The third-order valence-corrected chi connectivity index (χ3v) is 4.80. The lowest BCUT2D eigenvalue weighted by atomic mass is 9.97. The minimum Gasteiger partial charge on any atom is -0.483 e. The van der Waals surface area contributed by atoms with E-state index in [0.717, 1.165) is 11.1 Å². The van der Waals surface area contributed by atoms with Crippen LogP contribution in [0.25, 0.3) is 0 Å². The van der Waals surface area contributed by atoms with Crippen molar-refractivity contribution in [3.63, 3.8) is 0 Å². The highest BCUT2D eigenvalue weighted by Gasteiger charge is 2.24. The molecule has 0 radical (unpaired) electrons. The van der Waals surface area contributed by atoms with E-state index in [0.29, 0.717) is 5.02 Å². The number of rotatable bonds is 7. The Balaban J connectivity index is 1.81. The molecule has 6 heteroatoms. The predicted octanol–water partition coefficient (Wildman–Crippen LogP) is 4.07. The van der Waals surface area contributed by atoms with Crippen molar-refractivity contribution in [2.24, 2.45) is 5.73 Å². The number of nitrogens with zero attached hydrogens (tertiary/aromatic N) is 1. The van der Waals surface area contributed by atoms with E-state index >= 15 is 0 Å². The molecule has 3 aromatic carbocycles. The molecule has 0 saturated carbocycles. The Morgan fingerprint density at radius 1 is 0.966 bits per heavy atom. The molecule has 0 aliphatic rings. The molecular weight excluding hydrogens is 388 g/mol. The molecule has 0 unspecified atom stereocenters. The average Bonchev–Trinajstić information content (AvgIpc) is 2.74. The molecule has 5 nitrogen and oxygen atoms in total.